The number of aromatic nitrogens is 2. The van der Waals surface area contributed by atoms with E-state index in [1.807, 2.05) is 18.2 Å². The lowest BCUT2D eigenvalue weighted by atomic mass is 10.3. The summed E-state index contributed by atoms with van der Waals surface area (Å²) < 4.78 is 5.11. The van der Waals surface area contributed by atoms with Crippen LogP contribution in [0.4, 0.5) is 21.3 Å². The van der Waals surface area contributed by atoms with Gasteiger partial charge in [-0.15, -0.1) is 10.2 Å². The summed E-state index contributed by atoms with van der Waals surface area (Å²) >= 11 is 1.14. The fourth-order valence-corrected chi connectivity index (χ4v) is 2.93. The molecule has 9 heteroatoms. The molecule has 0 bridgehead atoms. The van der Waals surface area contributed by atoms with Crippen molar-refractivity contribution in [2.75, 3.05) is 23.1 Å². The predicted octanol–water partition coefficient (Wildman–Crippen LogP) is 3.37. The van der Waals surface area contributed by atoms with Gasteiger partial charge in [0.05, 0.1) is 13.5 Å². The number of nitrogens with zero attached hydrogens (tertiary/aromatic N) is 2. The lowest BCUT2D eigenvalue weighted by Gasteiger charge is -2.06. The van der Waals surface area contributed by atoms with Crippen LogP contribution in [0.2, 0.25) is 0 Å². The van der Waals surface area contributed by atoms with E-state index in [1.54, 1.807) is 43.5 Å². The summed E-state index contributed by atoms with van der Waals surface area (Å²) in [5, 5.41) is 16.7. The zero-order valence-electron chi connectivity index (χ0n) is 14.4. The smallest absolute Gasteiger partial charge is 0.325 e. The highest BCUT2D eigenvalue weighted by molar-refractivity contribution is 7.15. The zero-order chi connectivity index (χ0) is 19.1. The van der Waals surface area contributed by atoms with Crippen molar-refractivity contribution >= 4 is 39.8 Å². The van der Waals surface area contributed by atoms with Gasteiger partial charge in [-0.1, -0.05) is 35.6 Å². The van der Waals surface area contributed by atoms with Crippen molar-refractivity contribution < 1.29 is 14.3 Å². The number of urea groups is 1. The molecule has 3 N–H and O–H groups in total. The Hall–Kier alpha value is -3.46. The van der Waals surface area contributed by atoms with Gasteiger partial charge in [0.25, 0.3) is 0 Å². The molecule has 8 nitrogen and oxygen atoms in total. The number of carbonyl (C=O) groups excluding carboxylic acids is 2. The molecule has 0 unspecified atom stereocenters. The third-order valence-corrected chi connectivity index (χ3v) is 4.22. The quantitative estimate of drug-likeness (QED) is 0.605. The molecular weight excluding hydrogens is 366 g/mol. The van der Waals surface area contributed by atoms with E-state index < -0.39 is 6.03 Å². The first kappa shape index (κ1) is 18.3. The highest BCUT2D eigenvalue weighted by atomic mass is 32.1. The second-order valence-electron chi connectivity index (χ2n) is 5.40. The van der Waals surface area contributed by atoms with Gasteiger partial charge in [-0.3, -0.25) is 10.1 Å². The molecular formula is C18H17N5O3S. The summed E-state index contributed by atoms with van der Waals surface area (Å²) in [6.07, 6.45) is 0.0751. The maximum Gasteiger partial charge on any atom is 0.325 e. The number of hydrogen-bond donors (Lipinski definition) is 3. The second kappa shape index (κ2) is 8.77. The Balaban J connectivity index is 1.52. The summed E-state index contributed by atoms with van der Waals surface area (Å²) in [6.45, 7) is 0. The van der Waals surface area contributed by atoms with Crippen LogP contribution < -0.4 is 20.7 Å². The normalized spacial score (nSPS) is 10.1. The maximum absolute atomic E-state index is 12.1. The van der Waals surface area contributed by atoms with Crippen LogP contribution in [0.1, 0.15) is 5.01 Å². The molecule has 3 amide bonds. The summed E-state index contributed by atoms with van der Waals surface area (Å²) in [4.78, 5) is 24.1. The van der Waals surface area contributed by atoms with Crippen LogP contribution in [0.25, 0.3) is 0 Å². The van der Waals surface area contributed by atoms with Crippen molar-refractivity contribution in [3.63, 3.8) is 0 Å². The van der Waals surface area contributed by atoms with Crippen LogP contribution >= 0.6 is 11.3 Å². The van der Waals surface area contributed by atoms with Gasteiger partial charge in [0, 0.05) is 17.4 Å². The Morgan fingerprint density at radius 1 is 0.963 bits per heavy atom. The number of methoxy groups -OCH3 is 1. The molecule has 0 atom stereocenters. The summed E-state index contributed by atoms with van der Waals surface area (Å²) in [7, 11) is 1.55. The number of hydrogen-bond acceptors (Lipinski definition) is 6. The Labute approximate surface area is 159 Å². The van der Waals surface area contributed by atoms with Gasteiger partial charge in [0.1, 0.15) is 10.8 Å². The van der Waals surface area contributed by atoms with Gasteiger partial charge in [-0.2, -0.15) is 0 Å². The number of carbonyl (C=O) groups is 2. The van der Waals surface area contributed by atoms with Gasteiger partial charge in [-0.05, 0) is 24.3 Å². The van der Waals surface area contributed by atoms with Crippen molar-refractivity contribution in [2.45, 2.75) is 6.42 Å². The molecule has 138 valence electrons. The van der Waals surface area contributed by atoms with Gasteiger partial charge >= 0.3 is 6.03 Å². The van der Waals surface area contributed by atoms with Crippen LogP contribution in [-0.2, 0) is 11.2 Å². The molecule has 0 fully saturated rings. The van der Waals surface area contributed by atoms with Crippen molar-refractivity contribution in [3.8, 4) is 5.75 Å². The molecule has 2 aromatic carbocycles. The molecule has 3 aromatic rings. The van der Waals surface area contributed by atoms with Crippen molar-refractivity contribution in [2.24, 2.45) is 0 Å². The van der Waals surface area contributed by atoms with Gasteiger partial charge in [0.2, 0.25) is 11.0 Å². The summed E-state index contributed by atoms with van der Waals surface area (Å²) in [5.74, 6) is 0.431. The number of anilines is 3. The number of rotatable bonds is 6. The van der Waals surface area contributed by atoms with Crippen LogP contribution in [0.15, 0.2) is 54.6 Å². The predicted molar refractivity (Wildman–Crippen MR) is 104 cm³/mol. The van der Waals surface area contributed by atoms with Gasteiger partial charge < -0.3 is 15.4 Å². The van der Waals surface area contributed by atoms with Crippen LogP contribution in [0, 0.1) is 0 Å². The number of nitrogens with one attached hydrogen (secondary N) is 3. The van der Waals surface area contributed by atoms with E-state index in [0.717, 1.165) is 11.3 Å². The van der Waals surface area contributed by atoms with Crippen molar-refractivity contribution in [3.05, 3.63) is 59.6 Å². The summed E-state index contributed by atoms with van der Waals surface area (Å²) in [5.41, 5.74) is 1.29. The van der Waals surface area contributed by atoms with E-state index >= 15 is 0 Å². The molecule has 3 rings (SSSR count). The molecule has 0 radical (unpaired) electrons. The molecule has 0 saturated carbocycles. The van der Waals surface area contributed by atoms with Crippen LogP contribution in [0.3, 0.4) is 0 Å². The monoisotopic (exact) mass is 383 g/mol. The van der Waals surface area contributed by atoms with E-state index in [9.17, 15) is 9.59 Å². The molecule has 0 aliphatic rings. The lowest BCUT2D eigenvalue weighted by molar-refractivity contribution is -0.115. The zero-order valence-corrected chi connectivity index (χ0v) is 15.2. The molecule has 0 aliphatic carbocycles. The standard InChI is InChI=1S/C18H17N5O3S/c1-26-14-9-5-8-13(10-14)20-17(25)21-18-23-22-16(27-18)11-15(24)19-12-6-3-2-4-7-12/h2-10H,11H2,1H3,(H,19,24)(H2,20,21,23,25). The minimum absolute atomic E-state index is 0.0751. The maximum atomic E-state index is 12.1. The fourth-order valence-electron chi connectivity index (χ4n) is 2.20. The molecule has 1 heterocycles. The molecule has 0 saturated heterocycles. The average molecular weight is 383 g/mol. The van der Waals surface area contributed by atoms with E-state index in [2.05, 4.69) is 26.1 Å². The highest BCUT2D eigenvalue weighted by Gasteiger charge is 2.12. The van der Waals surface area contributed by atoms with E-state index in [1.165, 1.54) is 0 Å². The van der Waals surface area contributed by atoms with E-state index in [-0.39, 0.29) is 12.3 Å². The number of benzene rings is 2. The Morgan fingerprint density at radius 3 is 2.52 bits per heavy atom. The Morgan fingerprint density at radius 2 is 1.74 bits per heavy atom. The molecule has 0 spiro atoms. The summed E-state index contributed by atoms with van der Waals surface area (Å²) in [6, 6.07) is 15.7. The molecule has 27 heavy (non-hydrogen) atoms. The van der Waals surface area contributed by atoms with Crippen LogP contribution in [-0.4, -0.2) is 29.2 Å². The first-order valence-corrected chi connectivity index (χ1v) is 8.83. The second-order valence-corrected chi connectivity index (χ2v) is 6.47. The Bertz CT molecular complexity index is 930. The number of para-hydroxylation sites is 1. The molecule has 0 aliphatic heterocycles. The lowest BCUT2D eigenvalue weighted by Crippen LogP contribution is -2.19. The van der Waals surface area contributed by atoms with Crippen LogP contribution in [0.5, 0.6) is 5.75 Å². The first-order chi connectivity index (χ1) is 13.1. The number of ether oxygens (including phenoxy) is 1. The average Bonchev–Trinajstić information content (AvgIpc) is 3.09. The van der Waals surface area contributed by atoms with Crippen molar-refractivity contribution in [1.82, 2.24) is 10.2 Å². The highest BCUT2D eigenvalue weighted by Crippen LogP contribution is 2.19. The topological polar surface area (TPSA) is 105 Å². The minimum Gasteiger partial charge on any atom is -0.497 e. The van der Waals surface area contributed by atoms with Gasteiger partial charge in [-0.25, -0.2) is 4.79 Å². The van der Waals surface area contributed by atoms with E-state index in [0.29, 0.717) is 27.3 Å². The van der Waals surface area contributed by atoms with E-state index in [4.69, 9.17) is 4.74 Å². The Kier molecular flexibility index (Phi) is 5.95. The SMILES string of the molecule is COc1cccc(NC(=O)Nc2nnc(CC(=O)Nc3ccccc3)s2)c1. The minimum atomic E-state index is -0.459. The van der Waals surface area contributed by atoms with Crippen molar-refractivity contribution in [1.29, 1.82) is 0 Å². The first-order valence-electron chi connectivity index (χ1n) is 8.02. The number of amides is 3. The fraction of sp³-hybridized carbons (Fsp3) is 0.111. The third kappa shape index (κ3) is 5.51. The van der Waals surface area contributed by atoms with Gasteiger partial charge in [0.15, 0.2) is 0 Å². The largest absolute Gasteiger partial charge is 0.497 e. The molecule has 1 aromatic heterocycles. The third-order valence-electron chi connectivity index (χ3n) is 3.38.